The normalized spacial score (nSPS) is 19.2. The van der Waals surface area contributed by atoms with Crippen molar-refractivity contribution in [1.82, 2.24) is 15.3 Å². The number of aromatic nitrogens is 2. The Hall–Kier alpha value is -1.89. The average molecular weight is 264 g/mol. The van der Waals surface area contributed by atoms with Gasteiger partial charge in [-0.25, -0.2) is 15.8 Å². The topological polar surface area (TPSA) is 96.2 Å². The Morgan fingerprint density at radius 1 is 1.58 bits per heavy atom. The van der Waals surface area contributed by atoms with E-state index in [1.165, 1.54) is 0 Å². The number of piperazine rings is 1. The van der Waals surface area contributed by atoms with Crippen molar-refractivity contribution < 1.29 is 4.79 Å². The van der Waals surface area contributed by atoms with Crippen molar-refractivity contribution in [2.75, 3.05) is 23.4 Å². The molecule has 19 heavy (non-hydrogen) atoms. The van der Waals surface area contributed by atoms with Crippen LogP contribution >= 0.6 is 0 Å². The molecule has 4 N–H and O–H groups in total. The van der Waals surface area contributed by atoms with Gasteiger partial charge >= 0.3 is 0 Å². The van der Waals surface area contributed by atoms with Crippen molar-refractivity contribution in [3.8, 4) is 0 Å². The van der Waals surface area contributed by atoms with E-state index in [0.717, 1.165) is 31.0 Å². The summed E-state index contributed by atoms with van der Waals surface area (Å²) >= 11 is 0. The maximum Gasteiger partial charge on any atom is 0.242 e. The molecule has 0 aliphatic carbocycles. The number of nitrogen functional groups attached to an aromatic ring is 1. The molecule has 0 aromatic carbocycles. The smallest absolute Gasteiger partial charge is 0.242 e. The zero-order valence-corrected chi connectivity index (χ0v) is 11.3. The molecule has 1 fully saturated rings. The van der Waals surface area contributed by atoms with Gasteiger partial charge in [-0.3, -0.25) is 4.79 Å². The number of hydrogen-bond acceptors (Lipinski definition) is 6. The van der Waals surface area contributed by atoms with Gasteiger partial charge in [-0.2, -0.15) is 0 Å². The van der Waals surface area contributed by atoms with Gasteiger partial charge in [0.1, 0.15) is 23.5 Å². The maximum atomic E-state index is 11.7. The Balaban J connectivity index is 2.31. The predicted molar refractivity (Wildman–Crippen MR) is 73.7 cm³/mol. The summed E-state index contributed by atoms with van der Waals surface area (Å²) in [5.41, 5.74) is 2.55. The van der Waals surface area contributed by atoms with E-state index < -0.39 is 0 Å². The second-order valence-electron chi connectivity index (χ2n) is 4.58. The van der Waals surface area contributed by atoms with E-state index >= 15 is 0 Å². The largest absolute Gasteiger partial charge is 0.353 e. The lowest BCUT2D eigenvalue weighted by Gasteiger charge is -2.34. The van der Waals surface area contributed by atoms with Gasteiger partial charge in [-0.1, -0.05) is 6.92 Å². The number of nitrogens with one attached hydrogen (secondary N) is 2. The number of anilines is 2. The van der Waals surface area contributed by atoms with E-state index in [1.54, 1.807) is 6.07 Å². The molecule has 1 aromatic rings. The van der Waals surface area contributed by atoms with Crippen LogP contribution in [0.1, 0.15) is 26.1 Å². The van der Waals surface area contributed by atoms with Crippen LogP contribution in [0.5, 0.6) is 0 Å². The molecule has 1 aliphatic heterocycles. The van der Waals surface area contributed by atoms with E-state index in [0.29, 0.717) is 12.4 Å². The summed E-state index contributed by atoms with van der Waals surface area (Å²) in [7, 11) is 0. The highest BCUT2D eigenvalue weighted by Gasteiger charge is 2.27. The first-order chi connectivity index (χ1) is 9.15. The van der Waals surface area contributed by atoms with Crippen LogP contribution in [0, 0.1) is 0 Å². The van der Waals surface area contributed by atoms with Crippen molar-refractivity contribution in [1.29, 1.82) is 0 Å². The first-order valence-corrected chi connectivity index (χ1v) is 6.54. The van der Waals surface area contributed by atoms with Crippen LogP contribution in [0.25, 0.3) is 0 Å². The highest BCUT2D eigenvalue weighted by atomic mass is 16.2. The summed E-state index contributed by atoms with van der Waals surface area (Å²) in [5, 5.41) is 2.84. The number of carbonyl (C=O) groups is 1. The predicted octanol–water partition coefficient (Wildman–Crippen LogP) is 0.0394. The minimum atomic E-state index is -0.233. The molecule has 1 aromatic heterocycles. The highest BCUT2D eigenvalue weighted by Crippen LogP contribution is 2.19. The minimum Gasteiger partial charge on any atom is -0.353 e. The number of hydrogen-bond donors (Lipinski definition) is 3. The Labute approximate surface area is 112 Å². The zero-order valence-electron chi connectivity index (χ0n) is 11.3. The zero-order chi connectivity index (χ0) is 13.8. The van der Waals surface area contributed by atoms with Gasteiger partial charge in [0.25, 0.3) is 0 Å². The molecular formula is C12H20N6O. The summed E-state index contributed by atoms with van der Waals surface area (Å²) in [6.07, 6.45) is 1.75. The van der Waals surface area contributed by atoms with Crippen LogP contribution in [-0.2, 0) is 11.2 Å². The van der Waals surface area contributed by atoms with Crippen LogP contribution in [0.3, 0.4) is 0 Å². The third kappa shape index (κ3) is 2.93. The fourth-order valence-corrected chi connectivity index (χ4v) is 2.13. The molecule has 104 valence electrons. The third-order valence-electron chi connectivity index (χ3n) is 3.17. The third-order valence-corrected chi connectivity index (χ3v) is 3.17. The van der Waals surface area contributed by atoms with Crippen molar-refractivity contribution in [2.45, 2.75) is 32.7 Å². The first-order valence-electron chi connectivity index (χ1n) is 6.54. The van der Waals surface area contributed by atoms with E-state index in [2.05, 4.69) is 27.6 Å². The lowest BCUT2D eigenvalue weighted by molar-refractivity contribution is -0.122. The molecule has 7 nitrogen and oxygen atoms in total. The summed E-state index contributed by atoms with van der Waals surface area (Å²) in [6.45, 7) is 5.30. The summed E-state index contributed by atoms with van der Waals surface area (Å²) < 4.78 is 0. The quantitative estimate of drug-likeness (QED) is 0.525. The fourth-order valence-electron chi connectivity index (χ4n) is 2.13. The van der Waals surface area contributed by atoms with Gasteiger partial charge < -0.3 is 15.6 Å². The summed E-state index contributed by atoms with van der Waals surface area (Å²) in [6, 6.07) is 1.54. The number of carbonyl (C=O) groups excluding carboxylic acids is 1. The molecule has 1 saturated heterocycles. The molecule has 0 bridgehead atoms. The molecule has 0 radical (unpaired) electrons. The van der Waals surface area contributed by atoms with Gasteiger partial charge in [0, 0.05) is 25.6 Å². The highest BCUT2D eigenvalue weighted by molar-refractivity contribution is 5.85. The molecule has 1 amide bonds. The SMILES string of the molecule is CCCc1nc(NN)cc(N2CCNC(=O)C2C)n1. The number of nitrogens with two attached hydrogens (primary N) is 1. The monoisotopic (exact) mass is 264 g/mol. The number of amides is 1. The van der Waals surface area contributed by atoms with Crippen LogP contribution in [0.15, 0.2) is 6.07 Å². The van der Waals surface area contributed by atoms with Crippen LogP contribution in [-0.4, -0.2) is 35.0 Å². The van der Waals surface area contributed by atoms with E-state index in [9.17, 15) is 4.79 Å². The summed E-state index contributed by atoms with van der Waals surface area (Å²) in [4.78, 5) is 22.5. The number of hydrazine groups is 1. The number of rotatable bonds is 4. The minimum absolute atomic E-state index is 0.0177. The molecule has 2 rings (SSSR count). The molecule has 7 heteroatoms. The second kappa shape index (κ2) is 5.83. The van der Waals surface area contributed by atoms with Crippen LogP contribution in [0.4, 0.5) is 11.6 Å². The Bertz CT molecular complexity index is 464. The molecular weight excluding hydrogens is 244 g/mol. The Morgan fingerprint density at radius 3 is 3.05 bits per heavy atom. The lowest BCUT2D eigenvalue weighted by atomic mass is 10.2. The Kier molecular flexibility index (Phi) is 4.16. The lowest BCUT2D eigenvalue weighted by Crippen LogP contribution is -2.54. The van der Waals surface area contributed by atoms with Gasteiger partial charge in [-0.05, 0) is 13.3 Å². The number of nitrogens with zero attached hydrogens (tertiary/aromatic N) is 3. The summed E-state index contributed by atoms with van der Waals surface area (Å²) in [5.74, 6) is 7.52. The van der Waals surface area contributed by atoms with Crippen molar-refractivity contribution in [2.24, 2.45) is 5.84 Å². The molecule has 0 spiro atoms. The standard InChI is InChI=1S/C12H20N6O/c1-3-4-9-15-10(17-13)7-11(16-9)18-6-5-14-12(19)8(18)2/h7-8H,3-6,13H2,1-2H3,(H,14,19)(H,15,16,17). The van der Waals surface area contributed by atoms with Crippen LogP contribution in [0.2, 0.25) is 0 Å². The molecule has 1 aliphatic rings. The van der Waals surface area contributed by atoms with E-state index in [1.807, 2.05) is 11.8 Å². The van der Waals surface area contributed by atoms with Gasteiger partial charge in [0.2, 0.25) is 5.91 Å². The molecule has 2 heterocycles. The molecule has 1 atom stereocenters. The van der Waals surface area contributed by atoms with Gasteiger partial charge in [0.05, 0.1) is 0 Å². The number of aryl methyl sites for hydroxylation is 1. The van der Waals surface area contributed by atoms with E-state index in [-0.39, 0.29) is 11.9 Å². The second-order valence-corrected chi connectivity index (χ2v) is 4.58. The average Bonchev–Trinajstić information content (AvgIpc) is 2.42. The van der Waals surface area contributed by atoms with Crippen molar-refractivity contribution in [3.63, 3.8) is 0 Å². The molecule has 1 unspecified atom stereocenters. The van der Waals surface area contributed by atoms with Crippen molar-refractivity contribution >= 4 is 17.5 Å². The van der Waals surface area contributed by atoms with Gasteiger partial charge in [-0.15, -0.1) is 0 Å². The van der Waals surface area contributed by atoms with E-state index in [4.69, 9.17) is 5.84 Å². The molecule has 0 saturated carbocycles. The van der Waals surface area contributed by atoms with Crippen LogP contribution < -0.4 is 21.5 Å². The van der Waals surface area contributed by atoms with Gasteiger partial charge in [0.15, 0.2) is 0 Å². The fraction of sp³-hybridized carbons (Fsp3) is 0.583. The maximum absolute atomic E-state index is 11.7. The van der Waals surface area contributed by atoms with Crippen molar-refractivity contribution in [3.05, 3.63) is 11.9 Å². The Morgan fingerprint density at radius 2 is 2.37 bits per heavy atom. The first kappa shape index (κ1) is 13.5.